The molecule has 0 aromatic heterocycles. The topological polar surface area (TPSA) is 44.8 Å². The molecule has 26 heavy (non-hydrogen) atoms. The Hall–Kier alpha value is -2.53. The number of nitrogens with one attached hydrogen (secondary N) is 1. The van der Waals surface area contributed by atoms with Gasteiger partial charge in [-0.15, -0.1) is 0 Å². The SMILES string of the molecule is COc1ccc(C(=O)NCc2ccc(N3CCN(C)CC3)cc2)cc1C. The lowest BCUT2D eigenvalue weighted by molar-refractivity contribution is 0.0951. The van der Waals surface area contributed by atoms with Crippen LogP contribution < -0.4 is 15.0 Å². The summed E-state index contributed by atoms with van der Waals surface area (Å²) >= 11 is 0. The van der Waals surface area contributed by atoms with E-state index in [1.165, 1.54) is 5.69 Å². The van der Waals surface area contributed by atoms with Gasteiger partial charge in [0.25, 0.3) is 5.91 Å². The summed E-state index contributed by atoms with van der Waals surface area (Å²) < 4.78 is 5.24. The number of amides is 1. The normalized spacial score (nSPS) is 15.0. The molecule has 1 aliphatic heterocycles. The molecular formula is C21H27N3O2. The third-order valence-electron chi connectivity index (χ3n) is 4.91. The van der Waals surface area contributed by atoms with Crippen LogP contribution in [0.5, 0.6) is 5.75 Å². The van der Waals surface area contributed by atoms with E-state index in [2.05, 4.69) is 46.4 Å². The third-order valence-corrected chi connectivity index (χ3v) is 4.91. The molecular weight excluding hydrogens is 326 g/mol. The number of carbonyl (C=O) groups excluding carboxylic acids is 1. The van der Waals surface area contributed by atoms with E-state index >= 15 is 0 Å². The molecule has 1 amide bonds. The van der Waals surface area contributed by atoms with Gasteiger partial charge in [0.1, 0.15) is 5.75 Å². The van der Waals surface area contributed by atoms with Gasteiger partial charge in [-0.1, -0.05) is 12.1 Å². The molecule has 0 radical (unpaired) electrons. The van der Waals surface area contributed by atoms with Crippen LogP contribution in [0.15, 0.2) is 42.5 Å². The van der Waals surface area contributed by atoms with Gasteiger partial charge in [-0.25, -0.2) is 0 Å². The van der Waals surface area contributed by atoms with Crippen molar-refractivity contribution < 1.29 is 9.53 Å². The van der Waals surface area contributed by atoms with E-state index in [4.69, 9.17) is 4.74 Å². The summed E-state index contributed by atoms with van der Waals surface area (Å²) in [7, 11) is 3.79. The molecule has 138 valence electrons. The van der Waals surface area contributed by atoms with Crippen molar-refractivity contribution in [2.24, 2.45) is 0 Å². The Labute approximate surface area is 155 Å². The Bertz CT molecular complexity index is 750. The van der Waals surface area contributed by atoms with Gasteiger partial charge >= 0.3 is 0 Å². The fourth-order valence-corrected chi connectivity index (χ4v) is 3.19. The first-order chi connectivity index (χ1) is 12.6. The van der Waals surface area contributed by atoms with Gasteiger partial charge in [0.2, 0.25) is 0 Å². The number of anilines is 1. The zero-order valence-electron chi connectivity index (χ0n) is 15.8. The molecule has 1 fully saturated rings. The Balaban J connectivity index is 1.56. The molecule has 0 unspecified atom stereocenters. The molecule has 0 saturated carbocycles. The summed E-state index contributed by atoms with van der Waals surface area (Å²) in [5, 5.41) is 2.98. The minimum Gasteiger partial charge on any atom is -0.496 e. The van der Waals surface area contributed by atoms with E-state index in [1.807, 2.05) is 19.1 Å². The van der Waals surface area contributed by atoms with Crippen molar-refractivity contribution in [2.45, 2.75) is 13.5 Å². The highest BCUT2D eigenvalue weighted by Gasteiger charge is 2.14. The van der Waals surface area contributed by atoms with Gasteiger partial charge in [0.05, 0.1) is 7.11 Å². The van der Waals surface area contributed by atoms with E-state index < -0.39 is 0 Å². The molecule has 3 rings (SSSR count). The van der Waals surface area contributed by atoms with Crippen LogP contribution >= 0.6 is 0 Å². The van der Waals surface area contributed by atoms with Crippen molar-refractivity contribution in [2.75, 3.05) is 45.2 Å². The first-order valence-corrected chi connectivity index (χ1v) is 9.02. The van der Waals surface area contributed by atoms with E-state index in [0.717, 1.165) is 43.1 Å². The summed E-state index contributed by atoms with van der Waals surface area (Å²) in [6.07, 6.45) is 0. The molecule has 2 aromatic carbocycles. The van der Waals surface area contributed by atoms with E-state index in [1.54, 1.807) is 13.2 Å². The van der Waals surface area contributed by atoms with Crippen LogP contribution in [-0.4, -0.2) is 51.1 Å². The highest BCUT2D eigenvalue weighted by Crippen LogP contribution is 2.19. The maximum absolute atomic E-state index is 12.4. The predicted molar refractivity (Wildman–Crippen MR) is 105 cm³/mol. The molecule has 0 spiro atoms. The number of benzene rings is 2. The van der Waals surface area contributed by atoms with Gasteiger partial charge in [-0.3, -0.25) is 4.79 Å². The highest BCUT2D eigenvalue weighted by atomic mass is 16.5. The van der Waals surface area contributed by atoms with Crippen molar-refractivity contribution in [1.82, 2.24) is 10.2 Å². The lowest BCUT2D eigenvalue weighted by atomic mass is 10.1. The van der Waals surface area contributed by atoms with Crippen LogP contribution in [0.3, 0.4) is 0 Å². The molecule has 0 aliphatic carbocycles. The van der Waals surface area contributed by atoms with E-state index in [-0.39, 0.29) is 5.91 Å². The zero-order valence-corrected chi connectivity index (χ0v) is 15.8. The minimum absolute atomic E-state index is 0.0705. The second-order valence-corrected chi connectivity index (χ2v) is 6.82. The minimum atomic E-state index is -0.0705. The summed E-state index contributed by atoms with van der Waals surface area (Å²) in [6.45, 7) is 6.77. The largest absolute Gasteiger partial charge is 0.496 e. The predicted octanol–water partition coefficient (Wildman–Crippen LogP) is 2.69. The number of methoxy groups -OCH3 is 1. The number of ether oxygens (including phenoxy) is 1. The maximum atomic E-state index is 12.4. The smallest absolute Gasteiger partial charge is 0.251 e. The van der Waals surface area contributed by atoms with Crippen molar-refractivity contribution in [3.63, 3.8) is 0 Å². The van der Waals surface area contributed by atoms with Crippen LogP contribution in [-0.2, 0) is 6.54 Å². The number of rotatable bonds is 5. The van der Waals surface area contributed by atoms with Gasteiger partial charge in [0.15, 0.2) is 0 Å². The number of carbonyl (C=O) groups is 1. The van der Waals surface area contributed by atoms with E-state index in [0.29, 0.717) is 12.1 Å². The van der Waals surface area contributed by atoms with E-state index in [9.17, 15) is 4.79 Å². The fraction of sp³-hybridized carbons (Fsp3) is 0.381. The van der Waals surface area contributed by atoms with Crippen molar-refractivity contribution >= 4 is 11.6 Å². The molecule has 2 aromatic rings. The van der Waals surface area contributed by atoms with Crippen molar-refractivity contribution in [3.05, 3.63) is 59.2 Å². The average Bonchev–Trinajstić information content (AvgIpc) is 2.67. The molecule has 1 heterocycles. The Morgan fingerprint density at radius 1 is 1.08 bits per heavy atom. The van der Waals surface area contributed by atoms with Crippen LogP contribution in [0.1, 0.15) is 21.5 Å². The molecule has 0 atom stereocenters. The van der Waals surface area contributed by atoms with Crippen LogP contribution in [0, 0.1) is 6.92 Å². The summed E-state index contributed by atoms with van der Waals surface area (Å²) in [4.78, 5) is 17.1. The van der Waals surface area contributed by atoms with Crippen molar-refractivity contribution in [3.8, 4) is 5.75 Å². The highest BCUT2D eigenvalue weighted by molar-refractivity contribution is 5.94. The lowest BCUT2D eigenvalue weighted by Crippen LogP contribution is -2.44. The Morgan fingerprint density at radius 2 is 1.77 bits per heavy atom. The monoisotopic (exact) mass is 353 g/mol. The van der Waals surface area contributed by atoms with Gasteiger partial charge in [0, 0.05) is 44.0 Å². The molecule has 1 saturated heterocycles. The van der Waals surface area contributed by atoms with Gasteiger partial charge in [-0.05, 0) is 55.4 Å². The fourth-order valence-electron chi connectivity index (χ4n) is 3.19. The zero-order chi connectivity index (χ0) is 18.5. The van der Waals surface area contributed by atoms with Gasteiger partial charge in [-0.2, -0.15) is 0 Å². The van der Waals surface area contributed by atoms with Crippen LogP contribution in [0.2, 0.25) is 0 Å². The van der Waals surface area contributed by atoms with Crippen molar-refractivity contribution in [1.29, 1.82) is 0 Å². The number of aryl methyl sites for hydroxylation is 1. The number of likely N-dealkylation sites (N-methyl/N-ethyl adjacent to an activating group) is 1. The quantitative estimate of drug-likeness (QED) is 0.898. The first-order valence-electron chi connectivity index (χ1n) is 9.02. The summed E-state index contributed by atoms with van der Waals surface area (Å²) in [5.41, 5.74) is 3.95. The molecule has 5 nitrogen and oxygen atoms in total. The van der Waals surface area contributed by atoms with Crippen LogP contribution in [0.4, 0.5) is 5.69 Å². The molecule has 0 bridgehead atoms. The number of hydrogen-bond acceptors (Lipinski definition) is 4. The summed E-state index contributed by atoms with van der Waals surface area (Å²) in [5.74, 6) is 0.722. The Morgan fingerprint density at radius 3 is 2.38 bits per heavy atom. The molecule has 1 N–H and O–H groups in total. The first kappa shape index (κ1) is 18.3. The molecule has 5 heteroatoms. The lowest BCUT2D eigenvalue weighted by Gasteiger charge is -2.34. The number of hydrogen-bond donors (Lipinski definition) is 1. The summed E-state index contributed by atoms with van der Waals surface area (Å²) in [6, 6.07) is 13.9. The average molecular weight is 353 g/mol. The molecule has 1 aliphatic rings. The number of nitrogens with zero attached hydrogens (tertiary/aromatic N) is 2. The standard InChI is InChI=1S/C21H27N3O2/c1-16-14-18(6-9-20(16)26-3)21(25)22-15-17-4-7-19(8-5-17)24-12-10-23(2)11-13-24/h4-9,14H,10-13,15H2,1-3H3,(H,22,25). The van der Waals surface area contributed by atoms with Crippen LogP contribution in [0.25, 0.3) is 0 Å². The maximum Gasteiger partial charge on any atom is 0.251 e. The number of piperazine rings is 1. The third kappa shape index (κ3) is 4.35. The second kappa shape index (κ2) is 8.23. The second-order valence-electron chi connectivity index (χ2n) is 6.82. The Kier molecular flexibility index (Phi) is 5.78. The van der Waals surface area contributed by atoms with Gasteiger partial charge < -0.3 is 19.9 Å².